The van der Waals surface area contributed by atoms with Crippen LogP contribution in [0.4, 0.5) is 5.69 Å². The molecule has 0 aliphatic rings. The SMILES string of the molecule is CCOC(=O)C(CNC(=O)Cc1cccc(N=O)c1)c1ccc(OC)c(OC)c1. The van der Waals surface area contributed by atoms with E-state index in [1.54, 1.807) is 49.4 Å². The second-order valence-corrected chi connectivity index (χ2v) is 6.16. The van der Waals surface area contributed by atoms with Crippen molar-refractivity contribution in [2.45, 2.75) is 19.3 Å². The highest BCUT2D eigenvalue weighted by Gasteiger charge is 2.24. The molecular weight excluding hydrogens is 376 g/mol. The number of rotatable bonds is 10. The molecule has 154 valence electrons. The number of carbonyl (C=O) groups is 2. The summed E-state index contributed by atoms with van der Waals surface area (Å²) in [6, 6.07) is 11.6. The number of nitrogens with zero attached hydrogens (tertiary/aromatic N) is 1. The number of hydrogen-bond donors (Lipinski definition) is 1. The van der Waals surface area contributed by atoms with E-state index in [4.69, 9.17) is 14.2 Å². The first kappa shape index (κ1) is 21.9. The van der Waals surface area contributed by atoms with E-state index in [2.05, 4.69) is 10.5 Å². The monoisotopic (exact) mass is 400 g/mol. The predicted octanol–water partition coefficient (Wildman–Crippen LogP) is 3.11. The van der Waals surface area contributed by atoms with Crippen LogP contribution in [0.5, 0.6) is 11.5 Å². The molecule has 1 atom stereocenters. The fraction of sp³-hybridized carbons (Fsp3) is 0.333. The Morgan fingerprint density at radius 3 is 2.48 bits per heavy atom. The van der Waals surface area contributed by atoms with Crippen LogP contribution >= 0.6 is 0 Å². The number of esters is 1. The van der Waals surface area contributed by atoms with Gasteiger partial charge in [-0.1, -0.05) is 18.2 Å². The molecule has 0 heterocycles. The fourth-order valence-electron chi connectivity index (χ4n) is 2.84. The van der Waals surface area contributed by atoms with E-state index in [-0.39, 0.29) is 31.2 Å². The van der Waals surface area contributed by atoms with Crippen molar-refractivity contribution < 1.29 is 23.8 Å². The first-order valence-electron chi connectivity index (χ1n) is 9.09. The molecule has 0 aromatic heterocycles. The van der Waals surface area contributed by atoms with E-state index in [0.717, 1.165) is 0 Å². The van der Waals surface area contributed by atoms with Crippen molar-refractivity contribution in [3.05, 3.63) is 58.5 Å². The average Bonchev–Trinajstić information content (AvgIpc) is 2.74. The Morgan fingerprint density at radius 2 is 1.83 bits per heavy atom. The van der Waals surface area contributed by atoms with Gasteiger partial charge in [-0.05, 0) is 47.5 Å². The Hall–Kier alpha value is -3.42. The van der Waals surface area contributed by atoms with Crippen LogP contribution < -0.4 is 14.8 Å². The molecule has 2 aromatic rings. The Kier molecular flexibility index (Phi) is 8.14. The summed E-state index contributed by atoms with van der Waals surface area (Å²) in [5.74, 6) is -0.438. The number of carbonyl (C=O) groups excluding carboxylic acids is 2. The Bertz CT molecular complexity index is 868. The predicted molar refractivity (Wildman–Crippen MR) is 108 cm³/mol. The van der Waals surface area contributed by atoms with E-state index >= 15 is 0 Å². The topological polar surface area (TPSA) is 103 Å². The van der Waals surface area contributed by atoms with Gasteiger partial charge in [0.15, 0.2) is 11.5 Å². The van der Waals surface area contributed by atoms with E-state index in [1.807, 2.05) is 0 Å². The Balaban J connectivity index is 2.13. The summed E-state index contributed by atoms with van der Waals surface area (Å²) in [7, 11) is 3.03. The van der Waals surface area contributed by atoms with Gasteiger partial charge in [0.2, 0.25) is 5.91 Å². The molecule has 8 nitrogen and oxygen atoms in total. The van der Waals surface area contributed by atoms with Crippen LogP contribution in [0.3, 0.4) is 0 Å². The average molecular weight is 400 g/mol. The van der Waals surface area contributed by atoms with Gasteiger partial charge >= 0.3 is 5.97 Å². The largest absolute Gasteiger partial charge is 0.493 e. The van der Waals surface area contributed by atoms with Crippen molar-refractivity contribution in [3.8, 4) is 11.5 Å². The van der Waals surface area contributed by atoms with E-state index in [0.29, 0.717) is 22.6 Å². The van der Waals surface area contributed by atoms with Crippen molar-refractivity contribution in [3.63, 3.8) is 0 Å². The molecule has 1 amide bonds. The van der Waals surface area contributed by atoms with Gasteiger partial charge in [0.25, 0.3) is 0 Å². The molecule has 2 rings (SSSR count). The van der Waals surface area contributed by atoms with E-state index in [9.17, 15) is 14.5 Å². The minimum atomic E-state index is -0.707. The molecule has 0 aliphatic heterocycles. The van der Waals surface area contributed by atoms with Crippen molar-refractivity contribution in [1.29, 1.82) is 0 Å². The summed E-state index contributed by atoms with van der Waals surface area (Å²) in [4.78, 5) is 35.4. The van der Waals surface area contributed by atoms with E-state index < -0.39 is 11.9 Å². The molecule has 0 aliphatic carbocycles. The first-order chi connectivity index (χ1) is 14.0. The van der Waals surface area contributed by atoms with Gasteiger partial charge in [-0.15, -0.1) is 4.91 Å². The minimum absolute atomic E-state index is 0.0543. The molecule has 0 radical (unpaired) electrons. The zero-order valence-electron chi connectivity index (χ0n) is 16.6. The van der Waals surface area contributed by atoms with Gasteiger partial charge in [0, 0.05) is 6.54 Å². The summed E-state index contributed by atoms with van der Waals surface area (Å²) in [5.41, 5.74) is 1.54. The molecule has 29 heavy (non-hydrogen) atoms. The number of amides is 1. The lowest BCUT2D eigenvalue weighted by molar-refractivity contribution is -0.144. The second kappa shape index (κ2) is 10.8. The molecule has 1 N–H and O–H groups in total. The maximum absolute atomic E-state index is 12.5. The van der Waals surface area contributed by atoms with Gasteiger partial charge in [0.1, 0.15) is 5.69 Å². The van der Waals surface area contributed by atoms with Gasteiger partial charge in [-0.25, -0.2) is 0 Å². The molecule has 0 bridgehead atoms. The van der Waals surface area contributed by atoms with E-state index in [1.165, 1.54) is 14.2 Å². The van der Waals surface area contributed by atoms with Crippen LogP contribution in [0.25, 0.3) is 0 Å². The van der Waals surface area contributed by atoms with Crippen LogP contribution in [0, 0.1) is 4.91 Å². The van der Waals surface area contributed by atoms with Crippen LogP contribution in [0.1, 0.15) is 24.0 Å². The smallest absolute Gasteiger partial charge is 0.315 e. The van der Waals surface area contributed by atoms with Crippen LogP contribution in [-0.2, 0) is 20.7 Å². The highest BCUT2D eigenvalue weighted by Crippen LogP contribution is 2.31. The Labute approximate surface area is 169 Å². The normalized spacial score (nSPS) is 11.3. The third-order valence-electron chi connectivity index (χ3n) is 4.27. The molecular formula is C21H24N2O6. The zero-order chi connectivity index (χ0) is 21.2. The van der Waals surface area contributed by atoms with Crippen molar-refractivity contribution >= 4 is 17.6 Å². The number of hydrogen-bond acceptors (Lipinski definition) is 7. The lowest BCUT2D eigenvalue weighted by atomic mass is 9.98. The van der Waals surface area contributed by atoms with Crippen LogP contribution in [0.15, 0.2) is 47.6 Å². The standard InChI is InChI=1S/C21H24N2O6/c1-4-29-21(25)17(15-8-9-18(27-2)19(12-15)28-3)13-22-20(24)11-14-6-5-7-16(10-14)23-26/h5-10,12,17H,4,11,13H2,1-3H3,(H,22,24). The summed E-state index contributed by atoms with van der Waals surface area (Å²) < 4.78 is 15.7. The van der Waals surface area contributed by atoms with Crippen molar-refractivity contribution in [2.24, 2.45) is 5.18 Å². The van der Waals surface area contributed by atoms with Crippen molar-refractivity contribution in [2.75, 3.05) is 27.4 Å². The third-order valence-corrected chi connectivity index (χ3v) is 4.27. The number of benzene rings is 2. The minimum Gasteiger partial charge on any atom is -0.493 e. The molecule has 0 saturated carbocycles. The number of methoxy groups -OCH3 is 2. The molecule has 0 saturated heterocycles. The summed E-state index contributed by atoms with van der Waals surface area (Å²) in [6.07, 6.45) is 0.0604. The maximum atomic E-state index is 12.5. The van der Waals surface area contributed by atoms with Gasteiger partial charge in [-0.3, -0.25) is 9.59 Å². The number of nitroso groups, excluding NO2 is 1. The van der Waals surface area contributed by atoms with Gasteiger partial charge in [0.05, 0.1) is 33.2 Å². The third kappa shape index (κ3) is 6.03. The highest BCUT2D eigenvalue weighted by atomic mass is 16.5. The number of ether oxygens (including phenoxy) is 3. The molecule has 0 fully saturated rings. The zero-order valence-corrected chi connectivity index (χ0v) is 16.6. The van der Waals surface area contributed by atoms with Gasteiger partial charge in [-0.2, -0.15) is 0 Å². The highest BCUT2D eigenvalue weighted by molar-refractivity contribution is 5.82. The second-order valence-electron chi connectivity index (χ2n) is 6.16. The van der Waals surface area contributed by atoms with Crippen molar-refractivity contribution in [1.82, 2.24) is 5.32 Å². The molecule has 0 spiro atoms. The summed E-state index contributed by atoms with van der Waals surface area (Å²) >= 11 is 0. The summed E-state index contributed by atoms with van der Waals surface area (Å²) in [5, 5.41) is 5.61. The molecule has 8 heteroatoms. The van der Waals surface area contributed by atoms with Gasteiger partial charge < -0.3 is 19.5 Å². The summed E-state index contributed by atoms with van der Waals surface area (Å²) in [6.45, 7) is 2.00. The molecule has 1 unspecified atom stereocenters. The maximum Gasteiger partial charge on any atom is 0.315 e. The Morgan fingerprint density at radius 1 is 1.07 bits per heavy atom. The first-order valence-corrected chi connectivity index (χ1v) is 9.09. The lowest BCUT2D eigenvalue weighted by Gasteiger charge is -2.18. The quantitative estimate of drug-likeness (QED) is 0.485. The fourth-order valence-corrected chi connectivity index (χ4v) is 2.84. The molecule has 2 aromatic carbocycles. The van der Waals surface area contributed by atoms with Crippen LogP contribution in [-0.4, -0.2) is 39.2 Å². The lowest BCUT2D eigenvalue weighted by Crippen LogP contribution is -2.33. The van der Waals surface area contributed by atoms with Crippen LogP contribution in [0.2, 0.25) is 0 Å². The number of nitrogens with one attached hydrogen (secondary N) is 1.